The lowest BCUT2D eigenvalue weighted by Crippen LogP contribution is -2.50. The second-order valence-electron chi connectivity index (χ2n) is 8.64. The van der Waals surface area contributed by atoms with Gasteiger partial charge in [-0.1, -0.05) is 6.07 Å². The highest BCUT2D eigenvalue weighted by Crippen LogP contribution is 2.32. The third kappa shape index (κ3) is 4.63. The van der Waals surface area contributed by atoms with Gasteiger partial charge in [-0.15, -0.1) is 0 Å². The summed E-state index contributed by atoms with van der Waals surface area (Å²) in [5, 5.41) is 4.16. The molecule has 0 N–H and O–H groups in total. The molecular formula is C22H24F3N5O2. The summed E-state index contributed by atoms with van der Waals surface area (Å²) in [5.41, 5.74) is 0.0990. The second-order valence-corrected chi connectivity index (χ2v) is 8.64. The summed E-state index contributed by atoms with van der Waals surface area (Å²) in [4.78, 5) is 20.6. The van der Waals surface area contributed by atoms with Crippen LogP contribution in [0.5, 0.6) is 0 Å². The van der Waals surface area contributed by atoms with E-state index in [0.29, 0.717) is 48.8 Å². The lowest BCUT2D eigenvalue weighted by Gasteiger charge is -2.36. The zero-order valence-corrected chi connectivity index (χ0v) is 18.1. The summed E-state index contributed by atoms with van der Waals surface area (Å²) in [7, 11) is 0. The summed E-state index contributed by atoms with van der Waals surface area (Å²) >= 11 is 0. The zero-order chi connectivity index (χ0) is 23.1. The Bertz CT molecular complexity index is 1130. The number of rotatable bonds is 2. The van der Waals surface area contributed by atoms with Crippen LogP contribution < -0.4 is 4.90 Å². The Hall–Kier alpha value is -3.30. The number of carbonyl (C=O) groups excluding carboxylic acids is 1. The molecule has 1 aliphatic rings. The smallest absolute Gasteiger partial charge is 0.416 e. The molecule has 0 bridgehead atoms. The number of amides is 1. The molecule has 0 aromatic carbocycles. The van der Waals surface area contributed by atoms with Crippen molar-refractivity contribution in [3.05, 3.63) is 48.3 Å². The van der Waals surface area contributed by atoms with Crippen molar-refractivity contribution in [1.29, 1.82) is 0 Å². The topological polar surface area (TPSA) is 63.0 Å². The third-order valence-electron chi connectivity index (χ3n) is 5.11. The fraction of sp³-hybridized carbons (Fsp3) is 0.409. The molecular weight excluding hydrogens is 423 g/mol. The molecule has 1 fully saturated rings. The molecule has 10 heteroatoms. The number of anilines is 1. The first-order chi connectivity index (χ1) is 15.0. The highest BCUT2D eigenvalue weighted by molar-refractivity contribution is 5.78. The molecule has 0 radical (unpaired) electrons. The minimum Gasteiger partial charge on any atom is -0.444 e. The lowest BCUT2D eigenvalue weighted by molar-refractivity contribution is -0.137. The Morgan fingerprint density at radius 2 is 1.78 bits per heavy atom. The van der Waals surface area contributed by atoms with Gasteiger partial charge in [0, 0.05) is 37.9 Å². The van der Waals surface area contributed by atoms with Crippen molar-refractivity contribution in [2.75, 3.05) is 31.1 Å². The Morgan fingerprint density at radius 1 is 1.06 bits per heavy atom. The van der Waals surface area contributed by atoms with Crippen LogP contribution in [0.25, 0.3) is 16.8 Å². The summed E-state index contributed by atoms with van der Waals surface area (Å²) < 4.78 is 46.3. The highest BCUT2D eigenvalue weighted by Gasteiger charge is 2.31. The molecule has 4 heterocycles. The molecule has 4 rings (SSSR count). The van der Waals surface area contributed by atoms with Gasteiger partial charge in [0.15, 0.2) is 0 Å². The van der Waals surface area contributed by atoms with Gasteiger partial charge in [0.2, 0.25) is 0 Å². The van der Waals surface area contributed by atoms with Crippen LogP contribution in [0.3, 0.4) is 0 Å². The molecule has 7 nitrogen and oxygen atoms in total. The predicted molar refractivity (Wildman–Crippen MR) is 113 cm³/mol. The summed E-state index contributed by atoms with van der Waals surface area (Å²) in [6.45, 7) is 7.61. The fourth-order valence-corrected chi connectivity index (χ4v) is 3.55. The first-order valence-corrected chi connectivity index (χ1v) is 10.3. The lowest BCUT2D eigenvalue weighted by atomic mass is 10.1. The van der Waals surface area contributed by atoms with E-state index in [1.54, 1.807) is 11.0 Å². The van der Waals surface area contributed by atoms with E-state index in [0.717, 1.165) is 12.1 Å². The number of piperazine rings is 1. The second kappa shape index (κ2) is 7.99. The predicted octanol–water partition coefficient (Wildman–Crippen LogP) is 4.47. The molecule has 0 saturated carbocycles. The van der Waals surface area contributed by atoms with Crippen LogP contribution >= 0.6 is 0 Å². The third-order valence-corrected chi connectivity index (χ3v) is 5.11. The van der Waals surface area contributed by atoms with E-state index in [1.807, 2.05) is 37.8 Å². The molecule has 1 aliphatic heterocycles. The maximum absolute atomic E-state index is 13.2. The Labute approximate surface area is 183 Å². The average molecular weight is 447 g/mol. The van der Waals surface area contributed by atoms with Crippen LogP contribution in [-0.4, -0.2) is 57.4 Å². The zero-order valence-electron chi connectivity index (χ0n) is 18.1. The molecule has 0 atom stereocenters. The molecule has 3 aromatic rings. The summed E-state index contributed by atoms with van der Waals surface area (Å²) in [6, 6.07) is 7.49. The van der Waals surface area contributed by atoms with Crippen molar-refractivity contribution in [3.8, 4) is 11.3 Å². The summed E-state index contributed by atoms with van der Waals surface area (Å²) in [5.74, 6) is 0.692. The van der Waals surface area contributed by atoms with Crippen LogP contribution in [-0.2, 0) is 10.9 Å². The van der Waals surface area contributed by atoms with Crippen LogP contribution in [0.2, 0.25) is 0 Å². The van der Waals surface area contributed by atoms with Crippen molar-refractivity contribution >= 4 is 17.4 Å². The van der Waals surface area contributed by atoms with Crippen molar-refractivity contribution < 1.29 is 22.7 Å². The average Bonchev–Trinajstić information content (AvgIpc) is 3.15. The Morgan fingerprint density at radius 3 is 2.44 bits per heavy atom. The Balaban J connectivity index is 1.53. The van der Waals surface area contributed by atoms with Crippen molar-refractivity contribution in [3.63, 3.8) is 0 Å². The number of nitrogens with zero attached hydrogens (tertiary/aromatic N) is 5. The van der Waals surface area contributed by atoms with Crippen molar-refractivity contribution in [2.24, 2.45) is 0 Å². The largest absolute Gasteiger partial charge is 0.444 e. The van der Waals surface area contributed by atoms with E-state index in [2.05, 4.69) is 10.1 Å². The van der Waals surface area contributed by atoms with Gasteiger partial charge in [-0.3, -0.25) is 0 Å². The summed E-state index contributed by atoms with van der Waals surface area (Å²) in [6.07, 6.45) is -1.97. The standard InChI is InChI=1S/C22H24F3N5O2/c1-21(2,3)32-20(31)29-11-9-28(10-12-29)19-6-4-5-17(27-19)16-14-26-30-8-7-15(13-18(16)30)22(23,24)25/h4-8,13-14H,9-12H2,1-3H3. The number of halogens is 3. The maximum atomic E-state index is 13.2. The number of pyridine rings is 2. The van der Waals surface area contributed by atoms with Crippen LogP contribution in [0.1, 0.15) is 26.3 Å². The maximum Gasteiger partial charge on any atom is 0.416 e. The number of hydrogen-bond acceptors (Lipinski definition) is 5. The minimum absolute atomic E-state index is 0.333. The normalized spacial score (nSPS) is 15.3. The number of hydrogen-bond donors (Lipinski definition) is 0. The molecule has 1 amide bonds. The number of ether oxygens (including phenoxy) is 1. The van der Waals surface area contributed by atoms with Gasteiger partial charge in [-0.2, -0.15) is 18.3 Å². The Kier molecular flexibility index (Phi) is 5.47. The van der Waals surface area contributed by atoms with Gasteiger partial charge >= 0.3 is 12.3 Å². The first kappa shape index (κ1) is 21.9. The molecule has 0 aliphatic carbocycles. The minimum atomic E-state index is -4.44. The fourth-order valence-electron chi connectivity index (χ4n) is 3.55. The van der Waals surface area contributed by atoms with E-state index < -0.39 is 17.3 Å². The molecule has 32 heavy (non-hydrogen) atoms. The first-order valence-electron chi connectivity index (χ1n) is 10.3. The van der Waals surface area contributed by atoms with Gasteiger partial charge in [0.05, 0.1) is 23.0 Å². The van der Waals surface area contributed by atoms with E-state index in [4.69, 9.17) is 4.74 Å². The van der Waals surface area contributed by atoms with E-state index in [9.17, 15) is 18.0 Å². The number of fused-ring (bicyclic) bond motifs is 1. The van der Waals surface area contributed by atoms with Gasteiger partial charge < -0.3 is 14.5 Å². The quantitative estimate of drug-likeness (QED) is 0.580. The number of alkyl halides is 3. The number of carbonyl (C=O) groups is 1. The molecule has 1 saturated heterocycles. The van der Waals surface area contributed by atoms with Crippen LogP contribution in [0.4, 0.5) is 23.8 Å². The van der Waals surface area contributed by atoms with Gasteiger partial charge in [-0.05, 0) is 45.0 Å². The van der Waals surface area contributed by atoms with Crippen LogP contribution in [0.15, 0.2) is 42.7 Å². The molecule has 170 valence electrons. The van der Waals surface area contributed by atoms with Crippen molar-refractivity contribution in [2.45, 2.75) is 32.5 Å². The number of aromatic nitrogens is 3. The van der Waals surface area contributed by atoms with Gasteiger partial charge in [0.1, 0.15) is 11.4 Å². The monoisotopic (exact) mass is 447 g/mol. The van der Waals surface area contributed by atoms with Gasteiger partial charge in [0.25, 0.3) is 0 Å². The van der Waals surface area contributed by atoms with E-state index >= 15 is 0 Å². The van der Waals surface area contributed by atoms with E-state index in [1.165, 1.54) is 16.9 Å². The van der Waals surface area contributed by atoms with E-state index in [-0.39, 0.29) is 6.09 Å². The SMILES string of the molecule is CC(C)(C)OC(=O)N1CCN(c2cccc(-c3cnn4ccc(C(F)(F)F)cc34)n2)CC1. The van der Waals surface area contributed by atoms with Crippen LogP contribution in [0, 0.1) is 0 Å². The van der Waals surface area contributed by atoms with Crippen molar-refractivity contribution in [1.82, 2.24) is 19.5 Å². The highest BCUT2D eigenvalue weighted by atomic mass is 19.4. The van der Waals surface area contributed by atoms with Gasteiger partial charge in [-0.25, -0.2) is 14.3 Å². The molecule has 3 aromatic heterocycles. The molecule has 0 unspecified atom stereocenters. The molecule has 0 spiro atoms.